The third-order valence-electron chi connectivity index (χ3n) is 7.97. The van der Waals surface area contributed by atoms with Gasteiger partial charge in [0.2, 0.25) is 11.8 Å². The second kappa shape index (κ2) is 9.92. The van der Waals surface area contributed by atoms with E-state index in [2.05, 4.69) is 29.2 Å². The van der Waals surface area contributed by atoms with Gasteiger partial charge in [0.25, 0.3) is 0 Å². The fourth-order valence-electron chi connectivity index (χ4n) is 6.05. The first-order chi connectivity index (χ1) is 15.7. The highest BCUT2D eigenvalue weighted by Gasteiger charge is 2.32. The molecule has 1 unspecified atom stereocenters. The number of likely N-dealkylation sites (tertiary alicyclic amines) is 2. The van der Waals surface area contributed by atoms with Crippen LogP contribution in [0.5, 0.6) is 0 Å². The van der Waals surface area contributed by atoms with Crippen molar-refractivity contribution in [1.82, 2.24) is 14.7 Å². The van der Waals surface area contributed by atoms with Crippen molar-refractivity contribution < 1.29 is 14.3 Å². The minimum absolute atomic E-state index is 0.101. The minimum Gasteiger partial charge on any atom is -0.376 e. The van der Waals surface area contributed by atoms with Gasteiger partial charge in [0.15, 0.2) is 0 Å². The second-order valence-electron chi connectivity index (χ2n) is 10.2. The summed E-state index contributed by atoms with van der Waals surface area (Å²) in [5.41, 5.74) is 3.04. The lowest BCUT2D eigenvalue weighted by molar-refractivity contribution is -0.140. The van der Waals surface area contributed by atoms with Gasteiger partial charge in [-0.3, -0.25) is 14.5 Å². The lowest BCUT2D eigenvalue weighted by atomic mass is 9.94. The molecule has 32 heavy (non-hydrogen) atoms. The zero-order chi connectivity index (χ0) is 21.9. The van der Waals surface area contributed by atoms with Crippen LogP contribution in [0.15, 0.2) is 24.3 Å². The smallest absolute Gasteiger partial charge is 0.242 e. The number of piperidine rings is 1. The number of ether oxygens (including phenoxy) is 1. The first-order valence-electron chi connectivity index (χ1n) is 12.6. The summed E-state index contributed by atoms with van der Waals surface area (Å²) in [4.78, 5) is 31.6. The van der Waals surface area contributed by atoms with E-state index in [4.69, 9.17) is 4.74 Å². The normalized spacial score (nSPS) is 24.9. The first kappa shape index (κ1) is 21.9. The Hall–Kier alpha value is -1.92. The zero-order valence-corrected chi connectivity index (χ0v) is 19.2. The molecular formula is C26H37N3O3. The van der Waals surface area contributed by atoms with E-state index in [0.29, 0.717) is 24.9 Å². The highest BCUT2D eigenvalue weighted by atomic mass is 16.5. The number of hydrogen-bond acceptors (Lipinski definition) is 4. The van der Waals surface area contributed by atoms with E-state index in [9.17, 15) is 9.59 Å². The predicted molar refractivity (Wildman–Crippen MR) is 123 cm³/mol. The van der Waals surface area contributed by atoms with Crippen molar-refractivity contribution in [2.75, 3.05) is 45.9 Å². The summed E-state index contributed by atoms with van der Waals surface area (Å²) in [5, 5.41) is 0. The van der Waals surface area contributed by atoms with Gasteiger partial charge >= 0.3 is 0 Å². The summed E-state index contributed by atoms with van der Waals surface area (Å²) >= 11 is 0. The quantitative estimate of drug-likeness (QED) is 0.655. The maximum absolute atomic E-state index is 13.2. The van der Waals surface area contributed by atoms with Crippen LogP contribution < -0.4 is 0 Å². The highest BCUT2D eigenvalue weighted by Crippen LogP contribution is 2.29. The van der Waals surface area contributed by atoms with Crippen LogP contribution in [-0.4, -0.2) is 84.5 Å². The third kappa shape index (κ3) is 5.01. The number of rotatable bonds is 7. The second-order valence-corrected chi connectivity index (χ2v) is 10.2. The van der Waals surface area contributed by atoms with Crippen LogP contribution in [0, 0.1) is 5.92 Å². The number of benzene rings is 1. The van der Waals surface area contributed by atoms with Crippen LogP contribution in [0.4, 0.5) is 0 Å². The van der Waals surface area contributed by atoms with Crippen molar-refractivity contribution >= 4 is 11.8 Å². The Balaban J connectivity index is 1.15. The fraction of sp³-hybridized carbons (Fsp3) is 0.692. The van der Waals surface area contributed by atoms with E-state index in [1.807, 2.05) is 4.90 Å². The topological polar surface area (TPSA) is 53.1 Å². The standard InChI is InChI=1S/C26H37N3O3/c30-25-8-3-11-28(25)19-26(31)29(18-24-7-4-14-32-24)17-20-9-12-27(13-10-20)23-15-21-5-1-2-6-22(21)16-23/h1-2,5-6,20,23-24H,3-4,7-19H2. The van der Waals surface area contributed by atoms with Gasteiger partial charge in [-0.05, 0) is 75.1 Å². The molecule has 174 valence electrons. The molecule has 0 N–H and O–H groups in total. The number of hydrogen-bond donors (Lipinski definition) is 0. The van der Waals surface area contributed by atoms with Crippen molar-refractivity contribution in [2.24, 2.45) is 5.92 Å². The molecule has 3 aliphatic heterocycles. The van der Waals surface area contributed by atoms with Crippen LogP contribution in [0.1, 0.15) is 49.7 Å². The van der Waals surface area contributed by atoms with E-state index in [1.54, 1.807) is 4.90 Å². The Morgan fingerprint density at radius 2 is 1.75 bits per heavy atom. The maximum atomic E-state index is 13.2. The van der Waals surface area contributed by atoms with Gasteiger partial charge in [-0.15, -0.1) is 0 Å². The number of amides is 2. The van der Waals surface area contributed by atoms with Crippen molar-refractivity contribution in [1.29, 1.82) is 0 Å². The molecule has 0 spiro atoms. The van der Waals surface area contributed by atoms with Crippen LogP contribution in [0.25, 0.3) is 0 Å². The van der Waals surface area contributed by atoms with E-state index in [1.165, 1.54) is 24.0 Å². The summed E-state index contributed by atoms with van der Waals surface area (Å²) in [6, 6.07) is 9.51. The van der Waals surface area contributed by atoms with Crippen molar-refractivity contribution in [3.63, 3.8) is 0 Å². The SMILES string of the molecule is O=C1CCCN1CC(=O)N(CC1CCN(C2Cc3ccccc3C2)CC1)CC1CCCO1. The summed E-state index contributed by atoms with van der Waals surface area (Å²) < 4.78 is 5.85. The average molecular weight is 440 g/mol. The van der Waals surface area contributed by atoms with Gasteiger partial charge in [-0.1, -0.05) is 24.3 Å². The monoisotopic (exact) mass is 439 g/mol. The van der Waals surface area contributed by atoms with Gasteiger partial charge < -0.3 is 14.5 Å². The largest absolute Gasteiger partial charge is 0.376 e. The van der Waals surface area contributed by atoms with E-state index in [-0.39, 0.29) is 24.5 Å². The molecule has 0 radical (unpaired) electrons. The van der Waals surface area contributed by atoms with Gasteiger partial charge in [-0.2, -0.15) is 0 Å². The van der Waals surface area contributed by atoms with Crippen LogP contribution in [0.2, 0.25) is 0 Å². The number of nitrogens with zero attached hydrogens (tertiary/aromatic N) is 3. The molecular weight excluding hydrogens is 402 g/mol. The van der Waals surface area contributed by atoms with Gasteiger partial charge in [0.1, 0.15) is 0 Å². The van der Waals surface area contributed by atoms with Gasteiger partial charge in [0.05, 0.1) is 12.6 Å². The van der Waals surface area contributed by atoms with E-state index in [0.717, 1.165) is 64.9 Å². The molecule has 1 atom stereocenters. The molecule has 0 aromatic heterocycles. The molecule has 0 saturated carbocycles. The lowest BCUT2D eigenvalue weighted by Crippen LogP contribution is -2.48. The molecule has 5 rings (SSSR count). The molecule has 6 heteroatoms. The molecule has 6 nitrogen and oxygen atoms in total. The first-order valence-corrected chi connectivity index (χ1v) is 12.6. The van der Waals surface area contributed by atoms with Crippen LogP contribution >= 0.6 is 0 Å². The maximum Gasteiger partial charge on any atom is 0.242 e. The van der Waals surface area contributed by atoms with Gasteiger partial charge in [0, 0.05) is 38.7 Å². The third-order valence-corrected chi connectivity index (χ3v) is 7.97. The van der Waals surface area contributed by atoms with Gasteiger partial charge in [-0.25, -0.2) is 0 Å². The molecule has 3 heterocycles. The molecule has 3 saturated heterocycles. The number of fused-ring (bicyclic) bond motifs is 1. The van der Waals surface area contributed by atoms with E-state index < -0.39 is 0 Å². The molecule has 1 aromatic rings. The molecule has 1 aliphatic carbocycles. The van der Waals surface area contributed by atoms with Crippen molar-refractivity contribution in [2.45, 2.75) is 63.5 Å². The van der Waals surface area contributed by atoms with Crippen molar-refractivity contribution in [3.05, 3.63) is 35.4 Å². The average Bonchev–Trinajstić information content (AvgIpc) is 3.55. The summed E-state index contributed by atoms with van der Waals surface area (Å²) in [6.07, 6.45) is 8.37. The highest BCUT2D eigenvalue weighted by molar-refractivity contribution is 5.85. The van der Waals surface area contributed by atoms with Crippen LogP contribution in [0.3, 0.4) is 0 Å². The Morgan fingerprint density at radius 3 is 2.38 bits per heavy atom. The number of carbonyl (C=O) groups is 2. The Labute approximate surface area is 191 Å². The van der Waals surface area contributed by atoms with Crippen molar-refractivity contribution in [3.8, 4) is 0 Å². The summed E-state index contributed by atoms with van der Waals surface area (Å²) in [5.74, 6) is 0.764. The predicted octanol–water partition coefficient (Wildman–Crippen LogP) is 2.50. The summed E-state index contributed by atoms with van der Waals surface area (Å²) in [7, 11) is 0. The molecule has 1 aromatic carbocycles. The Morgan fingerprint density at radius 1 is 1.00 bits per heavy atom. The molecule has 3 fully saturated rings. The van der Waals surface area contributed by atoms with Crippen LogP contribution in [-0.2, 0) is 27.2 Å². The molecule has 4 aliphatic rings. The lowest BCUT2D eigenvalue weighted by Gasteiger charge is -2.38. The zero-order valence-electron chi connectivity index (χ0n) is 19.2. The molecule has 0 bridgehead atoms. The summed E-state index contributed by atoms with van der Waals surface area (Å²) in [6.45, 7) is 5.50. The minimum atomic E-state index is 0.101. The Kier molecular flexibility index (Phi) is 6.79. The number of carbonyl (C=O) groups excluding carboxylic acids is 2. The Bertz CT molecular complexity index is 789. The fourth-order valence-corrected chi connectivity index (χ4v) is 6.05. The molecule has 2 amide bonds. The van der Waals surface area contributed by atoms with E-state index >= 15 is 0 Å².